The van der Waals surface area contributed by atoms with Crippen LogP contribution in [0, 0.1) is 27.9 Å². The van der Waals surface area contributed by atoms with E-state index in [1.54, 1.807) is 30.3 Å². The second kappa shape index (κ2) is 23.4. The number of nitro groups is 1. The molecule has 3 N–H and O–H groups in total. The van der Waals surface area contributed by atoms with Crippen LogP contribution >= 0.6 is 11.6 Å². The fourth-order valence-electron chi connectivity index (χ4n) is 9.34. The molecule has 2 aliphatic heterocycles. The molecule has 340 valence electrons. The van der Waals surface area contributed by atoms with Gasteiger partial charge in [0.15, 0.2) is 0 Å². The van der Waals surface area contributed by atoms with E-state index in [0.717, 1.165) is 43.2 Å². The summed E-state index contributed by atoms with van der Waals surface area (Å²) in [7, 11) is 0. The first-order valence-corrected chi connectivity index (χ1v) is 22.3. The van der Waals surface area contributed by atoms with Crippen LogP contribution in [0.5, 0.6) is 17.2 Å². The van der Waals surface area contributed by atoms with E-state index in [1.165, 1.54) is 17.0 Å². The number of ether oxygens (including phenoxy) is 6. The van der Waals surface area contributed by atoms with E-state index in [2.05, 4.69) is 12.7 Å². The lowest BCUT2D eigenvalue weighted by Crippen LogP contribution is -2.70. The minimum Gasteiger partial charge on any atom is -0.459 e. The number of hydrogen-bond acceptors (Lipinski definition) is 14. The second-order valence-electron chi connectivity index (χ2n) is 15.9. The molecule has 16 nitrogen and oxygen atoms in total. The third-order valence-electron chi connectivity index (χ3n) is 12.0. The number of alkyl halides is 1. The smallest absolute Gasteiger partial charge is 0.410 e. The van der Waals surface area contributed by atoms with Gasteiger partial charge < -0.3 is 48.6 Å². The molecule has 2 fully saturated rings. The lowest BCUT2D eigenvalue weighted by molar-refractivity contribution is -0.384. The van der Waals surface area contributed by atoms with E-state index in [-0.39, 0.29) is 94.3 Å². The minimum atomic E-state index is -1.57. The van der Waals surface area contributed by atoms with Crippen LogP contribution in [0.3, 0.4) is 0 Å². The maximum Gasteiger partial charge on any atom is 0.410 e. The molecule has 0 radical (unpaired) electrons. The van der Waals surface area contributed by atoms with Crippen molar-refractivity contribution in [3.63, 3.8) is 0 Å². The molecule has 2 aliphatic carbocycles. The predicted octanol–water partition coefficient (Wildman–Crippen LogP) is 7.23. The molecule has 2 aromatic rings. The van der Waals surface area contributed by atoms with Gasteiger partial charge in [0, 0.05) is 50.1 Å². The quantitative estimate of drug-likeness (QED) is 0.0314. The molecule has 0 spiro atoms. The zero-order chi connectivity index (χ0) is 43.9. The molecule has 2 aromatic carbocycles. The summed E-state index contributed by atoms with van der Waals surface area (Å²) in [5.41, 5.74) is 2.11. The third kappa shape index (κ3) is 11.3. The number of carbonyl (C=O) groups excluding carboxylic acids is 1. The average molecular weight is 886 g/mol. The van der Waals surface area contributed by atoms with E-state index in [1.807, 2.05) is 6.07 Å². The largest absolute Gasteiger partial charge is 0.459 e. The standard InChI is InChI=1S/C45H60ClN3O13/c1-2-22-59-45-40(48(18-25-56-26-21-52)44(53)58-24-17-46)30-38(47-62-41-14-5-8-23-57-41)36-27-31(10-3-6-19-50)35(13-4-7-20-51)42(43(36)45)37-29-34(15-16-39(37)61-45)60-33-12-9-11-32(28-33)49(54)55/h2,9,11-12,15-16,27-29,31,35,40-43,50-52H,1,3-8,10,13-14,17-26,30H2/t31-,35+,40-,41?,42+,43+,45+/m0/s1. The highest BCUT2D eigenvalue weighted by molar-refractivity contribution is 6.18. The molecule has 17 heteroatoms. The van der Waals surface area contributed by atoms with Crippen molar-refractivity contribution in [1.82, 2.24) is 4.90 Å². The molecule has 0 bridgehead atoms. The Bertz CT molecular complexity index is 1860. The van der Waals surface area contributed by atoms with Gasteiger partial charge in [0.2, 0.25) is 12.1 Å². The van der Waals surface area contributed by atoms with Crippen molar-refractivity contribution >= 4 is 29.1 Å². The molecule has 1 saturated heterocycles. The summed E-state index contributed by atoms with van der Waals surface area (Å²) in [4.78, 5) is 33.2. The van der Waals surface area contributed by atoms with Crippen molar-refractivity contribution in [3.05, 3.63) is 82.4 Å². The molecule has 2 heterocycles. The molecule has 1 amide bonds. The van der Waals surface area contributed by atoms with E-state index in [0.29, 0.717) is 49.5 Å². The van der Waals surface area contributed by atoms with Crippen LogP contribution in [0.25, 0.3) is 0 Å². The number of benzene rings is 2. The summed E-state index contributed by atoms with van der Waals surface area (Å²) in [5, 5.41) is 45.8. The van der Waals surface area contributed by atoms with Gasteiger partial charge in [-0.15, -0.1) is 18.2 Å². The van der Waals surface area contributed by atoms with Gasteiger partial charge in [0.1, 0.15) is 29.9 Å². The predicted molar refractivity (Wildman–Crippen MR) is 229 cm³/mol. The van der Waals surface area contributed by atoms with Crippen molar-refractivity contribution in [3.8, 4) is 17.2 Å². The number of halogens is 1. The van der Waals surface area contributed by atoms with Crippen LogP contribution in [-0.4, -0.2) is 120 Å². The number of allylic oxidation sites excluding steroid dienone is 1. The minimum absolute atomic E-state index is 0.0229. The highest BCUT2D eigenvalue weighted by atomic mass is 35.5. The number of fused-ring (bicyclic) bond motifs is 2. The van der Waals surface area contributed by atoms with Crippen LogP contribution in [0.1, 0.15) is 75.7 Å². The Morgan fingerprint density at radius 3 is 2.56 bits per heavy atom. The van der Waals surface area contributed by atoms with Gasteiger partial charge in [0.05, 0.1) is 61.5 Å². The number of non-ortho nitro benzene ring substituents is 1. The molecule has 1 saturated carbocycles. The maximum atomic E-state index is 14.3. The summed E-state index contributed by atoms with van der Waals surface area (Å²) in [6.07, 6.45) is 9.42. The molecule has 4 aliphatic rings. The number of aliphatic hydroxyl groups excluding tert-OH is 3. The number of aliphatic hydroxyl groups is 3. The van der Waals surface area contributed by atoms with Gasteiger partial charge in [-0.1, -0.05) is 36.2 Å². The van der Waals surface area contributed by atoms with E-state index >= 15 is 0 Å². The normalized spacial score (nSPS) is 25.7. The Morgan fingerprint density at radius 2 is 1.84 bits per heavy atom. The number of oxime groups is 1. The van der Waals surface area contributed by atoms with E-state index in [4.69, 9.17) is 50.0 Å². The fraction of sp³-hybridized carbons (Fsp3) is 0.600. The SMILES string of the molecule is C=CCO[C@@]12Oc3ccc(Oc4cccc([N+](=O)[O-])c4)cc3[C@H]3[C@H](CCCCO)[C@@H](CCCCO)C=C(C(=NOC4CCCCO4)C[C@@H]1N(CCOCCO)C(=O)OCCCl)[C@H]32. The van der Waals surface area contributed by atoms with E-state index < -0.39 is 35.1 Å². The second-order valence-corrected chi connectivity index (χ2v) is 16.2. The number of nitro benzene ring substituents is 1. The van der Waals surface area contributed by atoms with Crippen molar-refractivity contribution in [2.45, 2.75) is 88.2 Å². The summed E-state index contributed by atoms with van der Waals surface area (Å²) < 4.78 is 37.9. The molecular formula is C45H60ClN3O13. The molecule has 7 atom stereocenters. The van der Waals surface area contributed by atoms with Crippen molar-refractivity contribution in [2.24, 2.45) is 22.9 Å². The van der Waals surface area contributed by atoms with Gasteiger partial charge in [0.25, 0.3) is 5.69 Å². The first-order valence-electron chi connectivity index (χ1n) is 21.7. The Morgan fingerprint density at radius 1 is 1.03 bits per heavy atom. The number of carbonyl (C=O) groups is 1. The van der Waals surface area contributed by atoms with Crippen LogP contribution in [-0.2, 0) is 23.8 Å². The van der Waals surface area contributed by atoms with Crippen LogP contribution < -0.4 is 9.47 Å². The van der Waals surface area contributed by atoms with Gasteiger partial charge in [-0.25, -0.2) is 4.79 Å². The number of rotatable bonds is 24. The molecule has 0 aromatic heterocycles. The first kappa shape index (κ1) is 47.2. The molecular weight excluding hydrogens is 826 g/mol. The first-order chi connectivity index (χ1) is 30.3. The molecule has 1 unspecified atom stereocenters. The van der Waals surface area contributed by atoms with Gasteiger partial charge >= 0.3 is 6.09 Å². The van der Waals surface area contributed by atoms with Crippen LogP contribution in [0.4, 0.5) is 10.5 Å². The Balaban J connectivity index is 1.57. The lowest BCUT2D eigenvalue weighted by atomic mass is 9.55. The third-order valence-corrected chi connectivity index (χ3v) is 12.1. The van der Waals surface area contributed by atoms with Crippen LogP contribution in [0.2, 0.25) is 0 Å². The van der Waals surface area contributed by atoms with Crippen LogP contribution in [0.15, 0.2) is 71.9 Å². The maximum absolute atomic E-state index is 14.3. The zero-order valence-corrected chi connectivity index (χ0v) is 35.9. The fourth-order valence-corrected chi connectivity index (χ4v) is 9.42. The van der Waals surface area contributed by atoms with Gasteiger partial charge in [-0.05, 0) is 80.2 Å². The monoisotopic (exact) mass is 885 g/mol. The van der Waals surface area contributed by atoms with Crippen molar-refractivity contribution < 1.29 is 58.3 Å². The number of amides is 1. The Hall–Kier alpha value is -4.29. The average Bonchev–Trinajstić information content (AvgIpc) is 3.28. The summed E-state index contributed by atoms with van der Waals surface area (Å²) in [6.45, 7) is 4.56. The number of nitrogens with zero attached hydrogens (tertiary/aromatic N) is 3. The highest BCUT2D eigenvalue weighted by Gasteiger charge is 2.65. The highest BCUT2D eigenvalue weighted by Crippen LogP contribution is 2.62. The Labute approximate surface area is 367 Å². The van der Waals surface area contributed by atoms with E-state index in [9.17, 15) is 30.2 Å². The van der Waals surface area contributed by atoms with Gasteiger partial charge in [-0.2, -0.15) is 0 Å². The Kier molecular flexibility index (Phi) is 17.8. The summed E-state index contributed by atoms with van der Waals surface area (Å²) in [6, 6.07) is 10.5. The lowest BCUT2D eigenvalue weighted by Gasteiger charge is -2.59. The molecule has 62 heavy (non-hydrogen) atoms. The zero-order valence-electron chi connectivity index (χ0n) is 35.2. The van der Waals surface area contributed by atoms with Crippen molar-refractivity contribution in [1.29, 1.82) is 0 Å². The topological polar surface area (TPSA) is 201 Å². The van der Waals surface area contributed by atoms with Crippen molar-refractivity contribution in [2.75, 3.05) is 65.3 Å². The molecule has 6 rings (SSSR count). The number of unbranched alkanes of at least 4 members (excludes halogenated alkanes) is 2. The van der Waals surface area contributed by atoms with Gasteiger partial charge in [-0.3, -0.25) is 15.0 Å². The summed E-state index contributed by atoms with van der Waals surface area (Å²) >= 11 is 6.03. The summed E-state index contributed by atoms with van der Waals surface area (Å²) in [5.74, 6) is -1.36. The number of hydrogen-bond donors (Lipinski definition) is 3.